The van der Waals surface area contributed by atoms with Gasteiger partial charge in [0.25, 0.3) is 0 Å². The fourth-order valence-electron chi connectivity index (χ4n) is 2.03. The minimum atomic E-state index is 0.515. The Morgan fingerprint density at radius 3 is 2.50 bits per heavy atom. The Hall–Kier alpha value is -2.31. The van der Waals surface area contributed by atoms with Gasteiger partial charge in [-0.2, -0.15) is 5.26 Å². The summed E-state index contributed by atoms with van der Waals surface area (Å²) in [6.45, 7) is 0. The number of halogens is 1. The van der Waals surface area contributed by atoms with Gasteiger partial charge in [-0.15, -0.1) is 0 Å². The minimum absolute atomic E-state index is 0.515. The van der Waals surface area contributed by atoms with Gasteiger partial charge in [0, 0.05) is 4.47 Å². The lowest BCUT2D eigenvalue weighted by Gasteiger charge is -2.08. The zero-order valence-corrected chi connectivity index (χ0v) is 12.1. The number of hydrogen-bond donors (Lipinski definition) is 0. The second-order valence-electron chi connectivity index (χ2n) is 4.36. The van der Waals surface area contributed by atoms with Gasteiger partial charge in [-0.25, -0.2) is 0 Å². The van der Waals surface area contributed by atoms with E-state index >= 15 is 0 Å². The molecule has 0 amide bonds. The van der Waals surface area contributed by atoms with E-state index in [1.807, 2.05) is 42.5 Å². The fourth-order valence-corrected chi connectivity index (χ4v) is 2.37. The third kappa shape index (κ3) is 2.52. The molecule has 3 aromatic rings. The number of fused-ring (bicyclic) bond motifs is 1. The average Bonchev–Trinajstić information content (AvgIpc) is 2.47. The van der Waals surface area contributed by atoms with Crippen LogP contribution < -0.4 is 4.74 Å². The largest absolute Gasteiger partial charge is 0.456 e. The molecule has 0 atom stereocenters. The molecule has 0 aliphatic heterocycles. The highest BCUT2D eigenvalue weighted by atomic mass is 79.9. The van der Waals surface area contributed by atoms with Gasteiger partial charge >= 0.3 is 0 Å². The molecule has 0 fully saturated rings. The van der Waals surface area contributed by atoms with Crippen LogP contribution in [-0.4, -0.2) is 0 Å². The molecule has 0 heterocycles. The van der Waals surface area contributed by atoms with E-state index in [9.17, 15) is 0 Å². The Kier molecular flexibility index (Phi) is 3.41. The van der Waals surface area contributed by atoms with Crippen LogP contribution in [0.3, 0.4) is 0 Å². The monoisotopic (exact) mass is 323 g/mol. The first kappa shape index (κ1) is 12.7. The van der Waals surface area contributed by atoms with Gasteiger partial charge in [0.05, 0.1) is 5.56 Å². The second-order valence-corrected chi connectivity index (χ2v) is 5.28. The normalized spacial score (nSPS) is 10.2. The summed E-state index contributed by atoms with van der Waals surface area (Å²) in [7, 11) is 0. The van der Waals surface area contributed by atoms with Crippen LogP contribution in [0.4, 0.5) is 0 Å². The third-order valence-electron chi connectivity index (χ3n) is 3.01. The minimum Gasteiger partial charge on any atom is -0.456 e. The van der Waals surface area contributed by atoms with Crippen molar-refractivity contribution < 1.29 is 4.74 Å². The molecular formula is C17H10BrNO. The first-order valence-corrected chi connectivity index (χ1v) is 6.92. The fraction of sp³-hybridized carbons (Fsp3) is 0. The van der Waals surface area contributed by atoms with E-state index in [1.54, 1.807) is 12.1 Å². The molecule has 2 nitrogen and oxygen atoms in total. The molecule has 96 valence electrons. The van der Waals surface area contributed by atoms with Gasteiger partial charge in [0.2, 0.25) is 0 Å². The topological polar surface area (TPSA) is 33.0 Å². The molecular weight excluding hydrogens is 314 g/mol. The highest BCUT2D eigenvalue weighted by molar-refractivity contribution is 9.10. The van der Waals surface area contributed by atoms with Crippen molar-refractivity contribution in [3.8, 4) is 17.6 Å². The van der Waals surface area contributed by atoms with Crippen LogP contribution in [0.25, 0.3) is 10.8 Å². The van der Waals surface area contributed by atoms with Gasteiger partial charge in [-0.05, 0) is 41.1 Å². The van der Waals surface area contributed by atoms with Crippen LogP contribution in [-0.2, 0) is 0 Å². The van der Waals surface area contributed by atoms with E-state index in [0.717, 1.165) is 21.0 Å². The van der Waals surface area contributed by atoms with Gasteiger partial charge in [0.15, 0.2) is 0 Å². The van der Waals surface area contributed by atoms with Crippen LogP contribution in [0.5, 0.6) is 11.5 Å². The van der Waals surface area contributed by atoms with Crippen molar-refractivity contribution in [2.75, 3.05) is 0 Å². The van der Waals surface area contributed by atoms with Gasteiger partial charge in [-0.3, -0.25) is 0 Å². The van der Waals surface area contributed by atoms with Crippen molar-refractivity contribution in [3.05, 3.63) is 70.7 Å². The quantitative estimate of drug-likeness (QED) is 0.643. The summed E-state index contributed by atoms with van der Waals surface area (Å²) in [6, 6.07) is 21.5. The van der Waals surface area contributed by atoms with Crippen LogP contribution in [0.2, 0.25) is 0 Å². The van der Waals surface area contributed by atoms with Crippen molar-refractivity contribution in [1.82, 2.24) is 0 Å². The summed E-state index contributed by atoms with van der Waals surface area (Å²) < 4.78 is 6.72. The molecule has 0 saturated heterocycles. The first-order valence-electron chi connectivity index (χ1n) is 6.12. The number of nitrogens with zero attached hydrogens (tertiary/aromatic N) is 1. The van der Waals surface area contributed by atoms with Crippen molar-refractivity contribution >= 4 is 26.7 Å². The Labute approximate surface area is 125 Å². The number of rotatable bonds is 2. The predicted octanol–water partition coefficient (Wildman–Crippen LogP) is 5.27. The molecule has 0 radical (unpaired) electrons. The summed E-state index contributed by atoms with van der Waals surface area (Å²) in [5, 5.41) is 11.4. The number of ether oxygens (including phenoxy) is 1. The summed E-state index contributed by atoms with van der Waals surface area (Å²) in [4.78, 5) is 0. The molecule has 0 bridgehead atoms. The predicted molar refractivity (Wildman–Crippen MR) is 82.9 cm³/mol. The maximum Gasteiger partial charge on any atom is 0.146 e. The molecule has 3 rings (SSSR count). The molecule has 0 aliphatic rings. The first-order chi connectivity index (χ1) is 9.76. The lowest BCUT2D eigenvalue weighted by molar-refractivity contribution is 0.481. The van der Waals surface area contributed by atoms with Crippen LogP contribution in [0.15, 0.2) is 65.1 Å². The Morgan fingerprint density at radius 2 is 1.70 bits per heavy atom. The summed E-state index contributed by atoms with van der Waals surface area (Å²) >= 11 is 3.39. The van der Waals surface area contributed by atoms with Crippen LogP contribution in [0.1, 0.15) is 5.56 Å². The Morgan fingerprint density at radius 1 is 0.900 bits per heavy atom. The summed E-state index contributed by atoms with van der Waals surface area (Å²) in [6.07, 6.45) is 0. The molecule has 0 aromatic heterocycles. The zero-order chi connectivity index (χ0) is 13.9. The Bertz CT molecular complexity index is 821. The van der Waals surface area contributed by atoms with E-state index in [2.05, 4.69) is 28.1 Å². The van der Waals surface area contributed by atoms with E-state index in [-0.39, 0.29) is 0 Å². The lowest BCUT2D eigenvalue weighted by Crippen LogP contribution is -1.88. The third-order valence-corrected chi connectivity index (χ3v) is 3.51. The summed E-state index contributed by atoms with van der Waals surface area (Å²) in [5.41, 5.74) is 0.515. The standard InChI is InChI=1S/C17H10BrNO/c18-15-7-5-14(11-19)17(10-15)20-16-8-6-12-3-1-2-4-13(12)9-16/h1-10H. The van der Waals surface area contributed by atoms with E-state index in [1.165, 1.54) is 0 Å². The highest BCUT2D eigenvalue weighted by Gasteiger charge is 2.06. The van der Waals surface area contributed by atoms with E-state index in [0.29, 0.717) is 11.3 Å². The number of benzene rings is 3. The van der Waals surface area contributed by atoms with Crippen molar-refractivity contribution in [2.45, 2.75) is 0 Å². The van der Waals surface area contributed by atoms with E-state index in [4.69, 9.17) is 10.00 Å². The zero-order valence-electron chi connectivity index (χ0n) is 10.5. The van der Waals surface area contributed by atoms with Gasteiger partial charge in [-0.1, -0.05) is 46.3 Å². The molecule has 0 saturated carbocycles. The maximum atomic E-state index is 9.11. The van der Waals surface area contributed by atoms with Crippen molar-refractivity contribution in [3.63, 3.8) is 0 Å². The van der Waals surface area contributed by atoms with Gasteiger partial charge in [0.1, 0.15) is 17.6 Å². The highest BCUT2D eigenvalue weighted by Crippen LogP contribution is 2.30. The molecule has 3 aromatic carbocycles. The summed E-state index contributed by atoms with van der Waals surface area (Å²) in [5.74, 6) is 1.27. The molecule has 0 unspecified atom stereocenters. The molecule has 0 aliphatic carbocycles. The SMILES string of the molecule is N#Cc1ccc(Br)cc1Oc1ccc2ccccc2c1. The molecule has 20 heavy (non-hydrogen) atoms. The molecule has 0 N–H and O–H groups in total. The van der Waals surface area contributed by atoms with Gasteiger partial charge < -0.3 is 4.74 Å². The number of hydrogen-bond acceptors (Lipinski definition) is 2. The number of nitriles is 1. The van der Waals surface area contributed by atoms with Crippen molar-refractivity contribution in [2.24, 2.45) is 0 Å². The van der Waals surface area contributed by atoms with Crippen LogP contribution >= 0.6 is 15.9 Å². The molecule has 0 spiro atoms. The van der Waals surface area contributed by atoms with E-state index < -0.39 is 0 Å². The van der Waals surface area contributed by atoms with Crippen LogP contribution in [0, 0.1) is 11.3 Å². The Balaban J connectivity index is 2.01. The maximum absolute atomic E-state index is 9.11. The average molecular weight is 324 g/mol. The van der Waals surface area contributed by atoms with Crippen molar-refractivity contribution in [1.29, 1.82) is 5.26 Å². The lowest BCUT2D eigenvalue weighted by atomic mass is 10.1. The molecule has 3 heteroatoms. The second kappa shape index (κ2) is 5.36. The smallest absolute Gasteiger partial charge is 0.146 e.